The fourth-order valence-electron chi connectivity index (χ4n) is 3.81. The number of hydrogen-bond donors (Lipinski definition) is 0. The van der Waals surface area contributed by atoms with Crippen molar-refractivity contribution in [3.63, 3.8) is 0 Å². The second-order valence-corrected chi connectivity index (χ2v) is 10.0. The molecule has 0 aliphatic carbocycles. The average Bonchev–Trinajstić information content (AvgIpc) is 3.29. The molecule has 3 rings (SSSR count). The standard InChI is InChI=1S/C28H28F6O3S/c1-4-6-7-8-19-9-12-22(18(3)13-19)24-14-20-10-11-21(15-23(20)37-24)38-17-27(31,32)28(33,34)26(29,30)16-36-25(35)5-2/h5,9-15H,2,4,6-8,16-17H2,1,3H3. The molecule has 0 atom stereocenters. The Labute approximate surface area is 221 Å². The zero-order chi connectivity index (χ0) is 28.1. The maximum absolute atomic E-state index is 14.3. The largest absolute Gasteiger partial charge is 0.456 e. The summed E-state index contributed by atoms with van der Waals surface area (Å²) in [5.74, 6) is -18.7. The molecule has 3 nitrogen and oxygen atoms in total. The van der Waals surface area contributed by atoms with Gasteiger partial charge in [0, 0.05) is 21.9 Å². The van der Waals surface area contributed by atoms with E-state index in [1.807, 2.05) is 19.1 Å². The summed E-state index contributed by atoms with van der Waals surface area (Å²) in [7, 11) is 0. The molecule has 38 heavy (non-hydrogen) atoms. The quantitative estimate of drug-likeness (QED) is 0.0691. The lowest BCUT2D eigenvalue weighted by Crippen LogP contribution is -2.57. The summed E-state index contributed by atoms with van der Waals surface area (Å²) in [5.41, 5.74) is 3.43. The lowest BCUT2D eigenvalue weighted by atomic mass is 10.00. The molecule has 0 saturated heterocycles. The average molecular weight is 559 g/mol. The third-order valence-electron chi connectivity index (χ3n) is 6.02. The van der Waals surface area contributed by atoms with Crippen LogP contribution >= 0.6 is 11.8 Å². The third kappa shape index (κ3) is 6.57. The number of thioether (sulfide) groups is 1. The van der Waals surface area contributed by atoms with Gasteiger partial charge >= 0.3 is 23.7 Å². The van der Waals surface area contributed by atoms with Crippen LogP contribution in [0.2, 0.25) is 0 Å². The zero-order valence-corrected chi connectivity index (χ0v) is 21.8. The lowest BCUT2D eigenvalue weighted by molar-refractivity contribution is -0.309. The molecule has 0 amide bonds. The molecule has 3 aromatic rings. The first-order valence-electron chi connectivity index (χ1n) is 12.0. The zero-order valence-electron chi connectivity index (χ0n) is 21.0. The van der Waals surface area contributed by atoms with E-state index in [2.05, 4.69) is 24.3 Å². The van der Waals surface area contributed by atoms with Gasteiger partial charge in [0.25, 0.3) is 0 Å². The van der Waals surface area contributed by atoms with Crippen molar-refractivity contribution in [2.75, 3.05) is 12.4 Å². The molecule has 10 heteroatoms. The molecule has 0 N–H and O–H groups in total. The van der Waals surface area contributed by atoms with E-state index < -0.39 is 36.1 Å². The molecule has 0 aliphatic heterocycles. The van der Waals surface area contributed by atoms with Gasteiger partial charge in [-0.05, 0) is 55.2 Å². The normalized spacial score (nSPS) is 12.6. The van der Waals surface area contributed by atoms with Gasteiger partial charge < -0.3 is 9.15 Å². The lowest BCUT2D eigenvalue weighted by Gasteiger charge is -2.32. The number of fused-ring (bicyclic) bond motifs is 1. The number of unbranched alkanes of at least 4 members (excludes halogenated alkanes) is 2. The topological polar surface area (TPSA) is 39.4 Å². The molecule has 0 fully saturated rings. The number of rotatable bonds is 13. The fraction of sp³-hybridized carbons (Fsp3) is 0.393. The summed E-state index contributed by atoms with van der Waals surface area (Å²) in [6.45, 7) is 4.83. The SMILES string of the molecule is C=CC(=O)OCC(F)(F)C(F)(F)C(F)(F)CSc1ccc2cc(-c3ccc(CCCCC)cc3C)oc2c1. The van der Waals surface area contributed by atoms with Gasteiger partial charge in [-0.1, -0.05) is 44.5 Å². The van der Waals surface area contributed by atoms with Gasteiger partial charge in [-0.15, -0.1) is 11.8 Å². The first kappa shape index (κ1) is 29.7. The van der Waals surface area contributed by atoms with E-state index in [0.717, 1.165) is 36.8 Å². The van der Waals surface area contributed by atoms with Crippen molar-refractivity contribution in [3.05, 3.63) is 66.2 Å². The van der Waals surface area contributed by atoms with Gasteiger partial charge in [0.15, 0.2) is 6.61 Å². The van der Waals surface area contributed by atoms with Crippen molar-refractivity contribution in [1.29, 1.82) is 0 Å². The molecule has 0 saturated carbocycles. The van der Waals surface area contributed by atoms with Crippen LogP contribution in [0, 0.1) is 6.92 Å². The minimum atomic E-state index is -5.77. The highest BCUT2D eigenvalue weighted by Crippen LogP contribution is 2.48. The molecule has 206 valence electrons. The van der Waals surface area contributed by atoms with Gasteiger partial charge in [0.1, 0.15) is 11.3 Å². The summed E-state index contributed by atoms with van der Waals surface area (Å²) in [6.07, 6.45) is 4.83. The van der Waals surface area contributed by atoms with Crippen LogP contribution in [-0.4, -0.2) is 36.1 Å². The van der Waals surface area contributed by atoms with Gasteiger partial charge in [-0.3, -0.25) is 0 Å². The van der Waals surface area contributed by atoms with Crippen molar-refractivity contribution >= 4 is 28.7 Å². The molecule has 0 radical (unpaired) electrons. The molecule has 0 spiro atoms. The number of benzene rings is 2. The van der Waals surface area contributed by atoms with Crippen LogP contribution in [0.1, 0.15) is 37.3 Å². The van der Waals surface area contributed by atoms with E-state index in [0.29, 0.717) is 22.8 Å². The van der Waals surface area contributed by atoms with E-state index in [4.69, 9.17) is 4.42 Å². The molecule has 0 unspecified atom stereocenters. The summed E-state index contributed by atoms with van der Waals surface area (Å²) in [5, 5.41) is 0.670. The van der Waals surface area contributed by atoms with Crippen LogP contribution in [0.5, 0.6) is 0 Å². The summed E-state index contributed by atoms with van der Waals surface area (Å²) >= 11 is 0.286. The second kappa shape index (κ2) is 11.9. The first-order chi connectivity index (χ1) is 17.8. The predicted octanol–water partition coefficient (Wildman–Crippen LogP) is 8.87. The molecule has 1 aromatic heterocycles. The summed E-state index contributed by atoms with van der Waals surface area (Å²) in [4.78, 5) is 11.0. The fourth-order valence-corrected chi connectivity index (χ4v) is 4.70. The molecular weight excluding hydrogens is 530 g/mol. The Morgan fingerprint density at radius 3 is 2.42 bits per heavy atom. The Balaban J connectivity index is 1.73. The number of furan rings is 1. The predicted molar refractivity (Wildman–Crippen MR) is 136 cm³/mol. The van der Waals surface area contributed by atoms with Crippen LogP contribution in [0.15, 0.2) is 64.4 Å². The number of ether oxygens (including phenoxy) is 1. The number of esters is 1. The van der Waals surface area contributed by atoms with E-state index in [-0.39, 0.29) is 16.7 Å². The van der Waals surface area contributed by atoms with Crippen molar-refractivity contribution in [1.82, 2.24) is 0 Å². The number of alkyl halides is 6. The van der Waals surface area contributed by atoms with E-state index >= 15 is 0 Å². The van der Waals surface area contributed by atoms with Gasteiger partial charge in [-0.25, -0.2) is 4.79 Å². The first-order valence-corrected chi connectivity index (χ1v) is 13.0. The summed E-state index contributed by atoms with van der Waals surface area (Å²) in [6, 6.07) is 12.3. The van der Waals surface area contributed by atoms with E-state index in [9.17, 15) is 31.1 Å². The number of aryl methyl sites for hydroxylation is 2. The minimum Gasteiger partial charge on any atom is -0.456 e. The Morgan fingerprint density at radius 1 is 1.03 bits per heavy atom. The smallest absolute Gasteiger partial charge is 0.376 e. The minimum absolute atomic E-state index is 0.137. The van der Waals surface area contributed by atoms with Gasteiger partial charge in [-0.2, -0.15) is 26.3 Å². The number of carbonyl (C=O) groups is 1. The van der Waals surface area contributed by atoms with Gasteiger partial charge in [0.2, 0.25) is 0 Å². The van der Waals surface area contributed by atoms with Crippen LogP contribution in [-0.2, 0) is 16.0 Å². The monoisotopic (exact) mass is 558 g/mol. The Bertz CT molecular complexity index is 1280. The van der Waals surface area contributed by atoms with Crippen molar-refractivity contribution in [2.45, 2.75) is 62.2 Å². The highest BCUT2D eigenvalue weighted by molar-refractivity contribution is 7.99. The number of carbonyl (C=O) groups excluding carboxylic acids is 1. The Kier molecular flexibility index (Phi) is 9.28. The maximum Gasteiger partial charge on any atom is 0.376 e. The molecule has 0 bridgehead atoms. The van der Waals surface area contributed by atoms with Crippen LogP contribution < -0.4 is 0 Å². The summed E-state index contributed by atoms with van der Waals surface area (Å²) < 4.78 is 94.2. The maximum atomic E-state index is 14.3. The van der Waals surface area contributed by atoms with Crippen LogP contribution in [0.25, 0.3) is 22.3 Å². The third-order valence-corrected chi connectivity index (χ3v) is 7.11. The molecule has 0 aliphatic rings. The van der Waals surface area contributed by atoms with E-state index in [1.165, 1.54) is 17.7 Å². The van der Waals surface area contributed by atoms with Crippen molar-refractivity contribution < 1.29 is 40.3 Å². The number of hydrogen-bond acceptors (Lipinski definition) is 4. The number of halogens is 6. The van der Waals surface area contributed by atoms with Crippen molar-refractivity contribution in [2.24, 2.45) is 0 Å². The molecule has 2 aromatic carbocycles. The Morgan fingerprint density at radius 2 is 1.76 bits per heavy atom. The van der Waals surface area contributed by atoms with Gasteiger partial charge in [0.05, 0.1) is 5.75 Å². The molecular formula is C28H28F6O3S. The van der Waals surface area contributed by atoms with Crippen LogP contribution in [0.3, 0.4) is 0 Å². The second-order valence-electron chi connectivity index (χ2n) is 9.00. The Hall–Kier alpha value is -2.88. The highest BCUT2D eigenvalue weighted by atomic mass is 32.2. The van der Waals surface area contributed by atoms with Crippen molar-refractivity contribution in [3.8, 4) is 11.3 Å². The molecule has 1 heterocycles. The highest BCUT2D eigenvalue weighted by Gasteiger charge is 2.71. The van der Waals surface area contributed by atoms with E-state index in [1.54, 1.807) is 12.1 Å². The van der Waals surface area contributed by atoms with Crippen LogP contribution in [0.4, 0.5) is 26.3 Å².